The number of anilines is 2. The zero-order chi connectivity index (χ0) is 15.3. The van der Waals surface area contributed by atoms with Gasteiger partial charge in [-0.1, -0.05) is 26.8 Å². The van der Waals surface area contributed by atoms with Crippen LogP contribution < -0.4 is 10.6 Å². The zero-order valence-corrected chi connectivity index (χ0v) is 12.4. The molecule has 110 valence electrons. The lowest BCUT2D eigenvalue weighted by Gasteiger charge is -2.16. The number of hydrogen-bond acceptors (Lipinski definition) is 5. The third-order valence-corrected chi connectivity index (χ3v) is 2.76. The standard InChI is InChI=1S/C15H19N5O/c1-15(2,3)14(21)18-13-8-7-12(19-20-13)17-10-11-6-4-5-9-16-11/h4-9H,10H2,1-3H3,(H,17,19)(H,18,20,21). The fourth-order valence-corrected chi connectivity index (χ4v) is 1.48. The zero-order valence-electron chi connectivity index (χ0n) is 12.4. The number of carbonyl (C=O) groups excluding carboxylic acids is 1. The Morgan fingerprint density at radius 3 is 2.38 bits per heavy atom. The van der Waals surface area contributed by atoms with Gasteiger partial charge in [0.15, 0.2) is 5.82 Å². The van der Waals surface area contributed by atoms with E-state index in [4.69, 9.17) is 0 Å². The Labute approximate surface area is 124 Å². The Bertz CT molecular complexity index is 590. The van der Waals surface area contributed by atoms with Crippen LogP contribution in [0.2, 0.25) is 0 Å². The van der Waals surface area contributed by atoms with Gasteiger partial charge in [0, 0.05) is 11.6 Å². The third-order valence-electron chi connectivity index (χ3n) is 2.76. The van der Waals surface area contributed by atoms with Gasteiger partial charge >= 0.3 is 0 Å². The molecule has 0 saturated carbocycles. The van der Waals surface area contributed by atoms with E-state index in [9.17, 15) is 4.79 Å². The fourth-order valence-electron chi connectivity index (χ4n) is 1.48. The summed E-state index contributed by atoms with van der Waals surface area (Å²) in [4.78, 5) is 16.0. The highest BCUT2D eigenvalue weighted by Crippen LogP contribution is 2.16. The summed E-state index contributed by atoms with van der Waals surface area (Å²) in [6.45, 7) is 6.11. The Morgan fingerprint density at radius 1 is 1.10 bits per heavy atom. The fraction of sp³-hybridized carbons (Fsp3) is 0.333. The summed E-state index contributed by atoms with van der Waals surface area (Å²) in [5.41, 5.74) is 0.460. The second kappa shape index (κ2) is 6.30. The summed E-state index contributed by atoms with van der Waals surface area (Å²) < 4.78 is 0. The predicted molar refractivity (Wildman–Crippen MR) is 81.7 cm³/mol. The SMILES string of the molecule is CC(C)(C)C(=O)Nc1ccc(NCc2ccccn2)nn1. The van der Waals surface area contributed by atoms with E-state index in [0.29, 0.717) is 18.2 Å². The molecule has 0 aliphatic heterocycles. The van der Waals surface area contributed by atoms with Crippen LogP contribution in [0.1, 0.15) is 26.5 Å². The maximum atomic E-state index is 11.8. The smallest absolute Gasteiger partial charge is 0.230 e. The number of rotatable bonds is 4. The molecular formula is C15H19N5O. The summed E-state index contributed by atoms with van der Waals surface area (Å²) >= 11 is 0. The molecule has 0 spiro atoms. The van der Waals surface area contributed by atoms with Crippen LogP contribution in [0.15, 0.2) is 36.5 Å². The average Bonchev–Trinajstić information content (AvgIpc) is 2.46. The first-order valence-corrected chi connectivity index (χ1v) is 6.74. The highest BCUT2D eigenvalue weighted by molar-refractivity contribution is 5.93. The molecule has 0 unspecified atom stereocenters. The molecule has 0 fully saturated rings. The molecule has 0 radical (unpaired) electrons. The molecule has 6 nitrogen and oxygen atoms in total. The first-order chi connectivity index (χ1) is 9.95. The van der Waals surface area contributed by atoms with Crippen molar-refractivity contribution in [3.63, 3.8) is 0 Å². The normalized spacial score (nSPS) is 11.0. The van der Waals surface area contributed by atoms with E-state index in [-0.39, 0.29) is 5.91 Å². The molecule has 0 atom stereocenters. The van der Waals surface area contributed by atoms with Gasteiger partial charge in [-0.05, 0) is 24.3 Å². The van der Waals surface area contributed by atoms with Crippen LogP contribution in [0.3, 0.4) is 0 Å². The van der Waals surface area contributed by atoms with Gasteiger partial charge in [0.05, 0.1) is 12.2 Å². The van der Waals surface area contributed by atoms with Gasteiger partial charge in [0.1, 0.15) is 5.82 Å². The lowest BCUT2D eigenvalue weighted by molar-refractivity contribution is -0.123. The Morgan fingerprint density at radius 2 is 1.81 bits per heavy atom. The molecule has 2 aromatic heterocycles. The van der Waals surface area contributed by atoms with Crippen molar-refractivity contribution in [2.24, 2.45) is 5.41 Å². The molecule has 1 amide bonds. The van der Waals surface area contributed by atoms with Gasteiger partial charge in [0.2, 0.25) is 5.91 Å². The Balaban J connectivity index is 1.92. The van der Waals surface area contributed by atoms with Crippen molar-refractivity contribution < 1.29 is 4.79 Å². The van der Waals surface area contributed by atoms with Crippen LogP contribution in [0.5, 0.6) is 0 Å². The second-order valence-corrected chi connectivity index (χ2v) is 5.68. The molecule has 6 heteroatoms. The van der Waals surface area contributed by atoms with Crippen molar-refractivity contribution in [1.29, 1.82) is 0 Å². The molecule has 0 aliphatic rings. The number of hydrogen-bond donors (Lipinski definition) is 2. The van der Waals surface area contributed by atoms with Crippen molar-refractivity contribution >= 4 is 17.5 Å². The van der Waals surface area contributed by atoms with Crippen LogP contribution in [0, 0.1) is 5.41 Å². The molecule has 21 heavy (non-hydrogen) atoms. The maximum absolute atomic E-state index is 11.8. The minimum atomic E-state index is -0.461. The number of nitrogens with one attached hydrogen (secondary N) is 2. The minimum absolute atomic E-state index is 0.0917. The van der Waals surface area contributed by atoms with Crippen LogP contribution in [0.4, 0.5) is 11.6 Å². The average molecular weight is 285 g/mol. The first kappa shape index (κ1) is 14.9. The lowest BCUT2D eigenvalue weighted by Crippen LogP contribution is -2.28. The van der Waals surface area contributed by atoms with E-state index in [0.717, 1.165) is 5.69 Å². The summed E-state index contributed by atoms with van der Waals surface area (Å²) in [5, 5.41) is 13.9. The quantitative estimate of drug-likeness (QED) is 0.902. The lowest BCUT2D eigenvalue weighted by atomic mass is 9.96. The summed E-state index contributed by atoms with van der Waals surface area (Å²) in [7, 11) is 0. The molecule has 2 heterocycles. The molecule has 0 saturated heterocycles. The van der Waals surface area contributed by atoms with E-state index in [1.165, 1.54) is 0 Å². The Kier molecular flexibility index (Phi) is 4.47. The van der Waals surface area contributed by atoms with Crippen LogP contribution >= 0.6 is 0 Å². The van der Waals surface area contributed by atoms with Crippen molar-refractivity contribution in [2.75, 3.05) is 10.6 Å². The van der Waals surface area contributed by atoms with E-state index in [1.807, 2.05) is 39.0 Å². The van der Waals surface area contributed by atoms with Crippen LogP contribution in [0.25, 0.3) is 0 Å². The summed E-state index contributed by atoms with van der Waals surface area (Å²) in [6, 6.07) is 9.22. The van der Waals surface area contributed by atoms with Crippen molar-refractivity contribution in [2.45, 2.75) is 27.3 Å². The molecule has 0 aromatic carbocycles. The molecule has 2 N–H and O–H groups in total. The van der Waals surface area contributed by atoms with Gasteiger partial charge < -0.3 is 10.6 Å². The monoisotopic (exact) mass is 285 g/mol. The van der Waals surface area contributed by atoms with Gasteiger partial charge in [0.25, 0.3) is 0 Å². The molecule has 0 aliphatic carbocycles. The molecular weight excluding hydrogens is 266 g/mol. The summed E-state index contributed by atoms with van der Waals surface area (Å²) in [5.74, 6) is 0.985. The van der Waals surface area contributed by atoms with Crippen LogP contribution in [-0.4, -0.2) is 21.1 Å². The highest BCUT2D eigenvalue weighted by atomic mass is 16.2. The van der Waals surface area contributed by atoms with E-state index in [2.05, 4.69) is 25.8 Å². The summed E-state index contributed by atoms with van der Waals surface area (Å²) in [6.07, 6.45) is 1.74. The molecule has 2 aromatic rings. The first-order valence-electron chi connectivity index (χ1n) is 6.74. The third kappa shape index (κ3) is 4.52. The van der Waals surface area contributed by atoms with Gasteiger partial charge in [-0.2, -0.15) is 0 Å². The minimum Gasteiger partial charge on any atom is -0.363 e. The topological polar surface area (TPSA) is 79.8 Å². The Hall–Kier alpha value is -2.50. The van der Waals surface area contributed by atoms with Gasteiger partial charge in [-0.3, -0.25) is 9.78 Å². The predicted octanol–water partition coefficient (Wildman–Crippen LogP) is 2.47. The van der Waals surface area contributed by atoms with E-state index >= 15 is 0 Å². The number of nitrogens with zero attached hydrogens (tertiary/aromatic N) is 3. The number of amides is 1. The van der Waals surface area contributed by atoms with Crippen molar-refractivity contribution in [3.05, 3.63) is 42.2 Å². The van der Waals surface area contributed by atoms with Crippen molar-refractivity contribution in [1.82, 2.24) is 15.2 Å². The maximum Gasteiger partial charge on any atom is 0.230 e. The molecule has 0 bridgehead atoms. The van der Waals surface area contributed by atoms with E-state index in [1.54, 1.807) is 18.3 Å². The number of carbonyl (C=O) groups is 1. The largest absolute Gasteiger partial charge is 0.363 e. The van der Waals surface area contributed by atoms with Gasteiger partial charge in [-0.15, -0.1) is 10.2 Å². The van der Waals surface area contributed by atoms with Crippen molar-refractivity contribution in [3.8, 4) is 0 Å². The number of pyridine rings is 1. The van der Waals surface area contributed by atoms with E-state index < -0.39 is 5.41 Å². The molecule has 2 rings (SSSR count). The van der Waals surface area contributed by atoms with Crippen LogP contribution in [-0.2, 0) is 11.3 Å². The highest BCUT2D eigenvalue weighted by Gasteiger charge is 2.21. The van der Waals surface area contributed by atoms with Gasteiger partial charge in [-0.25, -0.2) is 0 Å². The number of aromatic nitrogens is 3. The second-order valence-electron chi connectivity index (χ2n) is 5.68.